The van der Waals surface area contributed by atoms with Crippen LogP contribution in [0.15, 0.2) is 87.6 Å². The van der Waals surface area contributed by atoms with Crippen molar-refractivity contribution in [3.05, 3.63) is 148 Å². The first kappa shape index (κ1) is 92.5. The SMILES string of the molecule is C.CCOC(=O)c1cn2c(cc1=O)-c1cc(CO)c(OCC3(COC)COC3)cc1CC2C(C)(C)C.CCOC(=O)c1cn2c(cc1=O)-c1cc(OC)c(O)cc1CC2C(C)(C)C.COCC1(COS(C)(=O)=O)COC1.COCC1(COc2cc3c(cc2CO)-c2cc(=O)c(C(=O)O)cn2C(C(C)(C)C)C3)COC1.[Na+].[OH-]. The molecule has 606 valence electrons. The van der Waals surface area contributed by atoms with Crippen molar-refractivity contribution in [3.63, 3.8) is 0 Å². The Morgan fingerprint density at radius 3 is 1.12 bits per heavy atom. The van der Waals surface area contributed by atoms with Crippen molar-refractivity contribution >= 4 is 28.0 Å². The van der Waals surface area contributed by atoms with Gasteiger partial charge in [0.05, 0.1) is 139 Å². The standard InChI is InChI=1S/C27H35NO7.C25H31NO7.C21H25NO5.C7H14O5S.CH4.Na.H2O/c1-6-34-25(31)20-11-28-21(10-22(20)30)19-7-18(12-29)23(8-17(19)9-24(28)26(2,3)4)35-16-27(13-32-5)14-33-15-27;1-24(2,3)22-7-15-6-21(33-14-25(11-31-4)12-32-13-25)16(10-27)5-17(15)19-8-20(28)18(23(29)30)9-26(19)22;1-6-27-20(25)14-11-22-15(10-16(14)23)13-9-18(26-5)17(24)7-12(13)8-19(22)21(2,3)4;1-10-3-7(4-11-5-7)6-12-13(2,8)9;;;/h7-8,10-11,24,29H,6,9,12-16H2,1-5H3;5-6,8-9,22,27H,7,10-14H2,1-4H3,(H,29,30);7,9-11,19,24H,6,8H2,1-5H3;3-6H2,1-2H3;1H4;;1H2/q;;;;;+1;/p-1. The van der Waals surface area contributed by atoms with Crippen LogP contribution >= 0.6 is 0 Å². The van der Waals surface area contributed by atoms with E-state index in [1.165, 1.54) is 31.5 Å². The van der Waals surface area contributed by atoms with E-state index in [0.29, 0.717) is 137 Å². The molecule has 0 radical (unpaired) electrons. The number of carboxylic acids is 1. The number of aromatic hydroxyl groups is 1. The van der Waals surface area contributed by atoms with Crippen LogP contribution < -0.4 is 60.1 Å². The van der Waals surface area contributed by atoms with E-state index in [1.54, 1.807) is 59.7 Å². The number of phenols is 1. The number of hydrogen-bond acceptors (Lipinski definition) is 24. The Balaban J connectivity index is 0.000000239. The Kier molecular flexibility index (Phi) is 31.5. The maximum absolute atomic E-state index is 12.9. The molecule has 3 saturated heterocycles. The molecular formula is C81H110N3NaO25S. The molecule has 3 fully saturated rings. The minimum atomic E-state index is -3.36. The van der Waals surface area contributed by atoms with Crippen LogP contribution in [0.3, 0.4) is 0 Å². The molecule has 0 amide bonds. The number of carbonyl (C=O) groups excluding carboxylic acids is 2. The van der Waals surface area contributed by atoms with Gasteiger partial charge >= 0.3 is 47.5 Å². The zero-order valence-corrected chi connectivity index (χ0v) is 69.1. The van der Waals surface area contributed by atoms with Crippen molar-refractivity contribution < 1.29 is 135 Å². The van der Waals surface area contributed by atoms with Crippen molar-refractivity contribution in [3.8, 4) is 56.8 Å². The van der Waals surface area contributed by atoms with Crippen LogP contribution in [0.1, 0.15) is 161 Å². The number of carboxylic acid groups (broad SMARTS) is 1. The zero-order valence-electron chi connectivity index (χ0n) is 66.2. The van der Waals surface area contributed by atoms with Crippen molar-refractivity contribution in [1.82, 2.24) is 13.7 Å². The van der Waals surface area contributed by atoms with Crippen LogP contribution in [0.2, 0.25) is 0 Å². The summed E-state index contributed by atoms with van der Waals surface area (Å²) in [5.41, 5.74) is 6.14. The predicted octanol–water partition coefficient (Wildman–Crippen LogP) is 6.90. The third-order valence-electron chi connectivity index (χ3n) is 20.3. The molecule has 111 heavy (non-hydrogen) atoms. The number of ether oxygens (including phenoxy) is 11. The number of esters is 2. The minimum absolute atomic E-state index is 0. The van der Waals surface area contributed by atoms with E-state index in [2.05, 4.69) is 62.3 Å². The number of aliphatic hydroxyl groups is 2. The van der Waals surface area contributed by atoms with Crippen molar-refractivity contribution in [1.29, 1.82) is 0 Å². The fourth-order valence-electron chi connectivity index (χ4n) is 14.3. The Morgan fingerprint density at radius 1 is 0.505 bits per heavy atom. The number of phenolic OH excluding ortho intramolecular Hbond substituents is 1. The van der Waals surface area contributed by atoms with Crippen LogP contribution in [-0.2, 0) is 84.7 Å². The second-order valence-electron chi connectivity index (χ2n) is 32.1. The number of carbonyl (C=O) groups is 3. The number of fused-ring (bicyclic) bond motifs is 9. The summed E-state index contributed by atoms with van der Waals surface area (Å²) in [4.78, 5) is 74.3. The van der Waals surface area contributed by atoms with Gasteiger partial charge in [0.1, 0.15) is 41.4 Å². The van der Waals surface area contributed by atoms with Crippen LogP contribution in [0.25, 0.3) is 33.8 Å². The Hall–Kier alpha value is -7.33. The van der Waals surface area contributed by atoms with Gasteiger partial charge in [0.15, 0.2) is 27.8 Å². The van der Waals surface area contributed by atoms with Crippen molar-refractivity contribution in [2.24, 2.45) is 32.5 Å². The number of aromatic nitrogens is 3. The summed E-state index contributed by atoms with van der Waals surface area (Å²) in [6, 6.07) is 15.4. The average molecular weight is 1580 g/mol. The number of hydrogen-bond donors (Lipinski definition) is 4. The largest absolute Gasteiger partial charge is 1.00 e. The molecule has 9 heterocycles. The van der Waals surface area contributed by atoms with Gasteiger partial charge < -0.3 is 91.7 Å². The van der Waals surface area contributed by atoms with E-state index in [1.807, 2.05) is 38.0 Å². The van der Waals surface area contributed by atoms with E-state index in [4.69, 9.17) is 56.3 Å². The average Bonchev–Trinajstić information content (AvgIpc) is 0.748. The smallest absolute Gasteiger partial charge is 0.870 e. The molecule has 3 atom stereocenters. The summed E-state index contributed by atoms with van der Waals surface area (Å²) >= 11 is 0. The van der Waals surface area contributed by atoms with Gasteiger partial charge in [0.25, 0.3) is 10.1 Å². The van der Waals surface area contributed by atoms with E-state index in [0.717, 1.165) is 39.6 Å². The second-order valence-corrected chi connectivity index (χ2v) is 33.7. The second kappa shape index (κ2) is 37.8. The van der Waals surface area contributed by atoms with Gasteiger partial charge in [-0.15, -0.1) is 0 Å². The van der Waals surface area contributed by atoms with Gasteiger partial charge in [-0.25, -0.2) is 14.4 Å². The van der Waals surface area contributed by atoms with Gasteiger partial charge in [-0.3, -0.25) is 18.6 Å². The molecule has 5 N–H and O–H groups in total. The molecular weight excluding hydrogens is 1470 g/mol. The maximum atomic E-state index is 12.9. The van der Waals surface area contributed by atoms with Gasteiger partial charge in [0.2, 0.25) is 0 Å². The first-order valence-electron chi connectivity index (χ1n) is 36.0. The Morgan fingerprint density at radius 2 is 0.829 bits per heavy atom. The van der Waals surface area contributed by atoms with Gasteiger partial charge in [-0.05, 0) is 102 Å². The van der Waals surface area contributed by atoms with E-state index in [-0.39, 0.29) is 159 Å². The molecule has 3 aromatic carbocycles. The molecule has 3 unspecified atom stereocenters. The number of methoxy groups -OCH3 is 4. The van der Waals surface area contributed by atoms with Crippen LogP contribution in [0, 0.1) is 32.5 Å². The third kappa shape index (κ3) is 21.2. The summed E-state index contributed by atoms with van der Waals surface area (Å²) in [6.07, 6.45) is 7.71. The first-order valence-corrected chi connectivity index (χ1v) is 37.8. The topological polar surface area (TPSA) is 373 Å². The number of aliphatic hydroxyl groups excluding tert-OH is 2. The van der Waals surface area contributed by atoms with E-state index < -0.39 is 33.5 Å². The van der Waals surface area contributed by atoms with Crippen LogP contribution in [0.4, 0.5) is 0 Å². The van der Waals surface area contributed by atoms with Crippen LogP contribution in [-0.4, -0.2) is 193 Å². The Bertz CT molecular complexity index is 4590. The summed E-state index contributed by atoms with van der Waals surface area (Å²) < 4.78 is 91.2. The fraction of sp³-hybridized carbons (Fsp3) is 0.556. The molecule has 6 aromatic rings. The quantitative estimate of drug-likeness (QED) is 0.0288. The molecule has 3 aromatic heterocycles. The molecule has 30 heteroatoms. The molecule has 12 rings (SSSR count). The molecule has 0 saturated carbocycles. The number of aromatic carboxylic acids is 1. The normalized spacial score (nSPS) is 17.6. The molecule has 0 bridgehead atoms. The fourth-order valence-corrected chi connectivity index (χ4v) is 14.8. The van der Waals surface area contributed by atoms with Crippen molar-refractivity contribution in [2.75, 3.05) is 127 Å². The molecule has 6 aliphatic rings. The first-order chi connectivity index (χ1) is 50.8. The summed E-state index contributed by atoms with van der Waals surface area (Å²) in [5.74, 6) is -0.821. The molecule has 6 aliphatic heterocycles. The van der Waals surface area contributed by atoms with Crippen LogP contribution in [0.5, 0.6) is 23.0 Å². The number of nitrogens with zero attached hydrogens (tertiary/aromatic N) is 3. The number of pyridine rings is 3. The van der Waals surface area contributed by atoms with Gasteiger partial charge in [-0.2, -0.15) is 8.42 Å². The molecule has 28 nitrogen and oxygen atoms in total. The number of rotatable bonds is 23. The van der Waals surface area contributed by atoms with Gasteiger partial charge in [0, 0.05) is 104 Å². The van der Waals surface area contributed by atoms with Gasteiger partial charge in [-0.1, -0.05) is 69.7 Å². The summed E-state index contributed by atoms with van der Waals surface area (Å²) in [6.45, 7) is 28.2. The summed E-state index contributed by atoms with van der Waals surface area (Å²) in [5, 5.41) is 39.8. The molecule has 0 spiro atoms. The monoisotopic (exact) mass is 1580 g/mol. The summed E-state index contributed by atoms with van der Waals surface area (Å²) in [7, 11) is 3.01. The maximum Gasteiger partial charge on any atom is 1.00 e. The minimum Gasteiger partial charge on any atom is -0.870 e. The van der Waals surface area contributed by atoms with Crippen molar-refractivity contribution in [2.45, 2.75) is 134 Å². The van der Waals surface area contributed by atoms with E-state index in [9.17, 15) is 57.6 Å². The predicted molar refractivity (Wildman–Crippen MR) is 410 cm³/mol. The molecule has 0 aliphatic carbocycles. The Labute approximate surface area is 671 Å². The number of benzene rings is 3. The van der Waals surface area contributed by atoms with E-state index >= 15 is 0 Å². The third-order valence-corrected chi connectivity index (χ3v) is 20.8. The zero-order chi connectivity index (χ0) is 79.2.